The van der Waals surface area contributed by atoms with Crippen LogP contribution in [-0.4, -0.2) is 80.1 Å². The molecule has 4 rings (SSSR count). The van der Waals surface area contributed by atoms with Gasteiger partial charge in [0.05, 0.1) is 35.8 Å². The van der Waals surface area contributed by atoms with E-state index in [9.17, 15) is 19.5 Å². The summed E-state index contributed by atoms with van der Waals surface area (Å²) in [6, 6.07) is -1.26. The van der Waals surface area contributed by atoms with Crippen LogP contribution >= 0.6 is 11.8 Å². The quantitative estimate of drug-likeness (QED) is 0.455. The van der Waals surface area contributed by atoms with E-state index in [1.165, 1.54) is 0 Å². The number of hydrogen-bond acceptors (Lipinski definition) is 6. The highest BCUT2D eigenvalue weighted by Crippen LogP contribution is 2.65. The summed E-state index contributed by atoms with van der Waals surface area (Å²) in [5, 5.41) is 10.3. The van der Waals surface area contributed by atoms with Gasteiger partial charge in [-0.15, -0.1) is 11.8 Å². The Kier molecular flexibility index (Phi) is 6.95. The monoisotopic (exact) mass is 490 g/mol. The third-order valence-corrected chi connectivity index (χ3v) is 9.84. The van der Waals surface area contributed by atoms with Gasteiger partial charge in [-0.05, 0) is 32.6 Å². The van der Waals surface area contributed by atoms with Crippen LogP contribution < -0.4 is 0 Å². The average Bonchev–Trinajstić information content (AvgIpc) is 3.08. The molecule has 2 saturated heterocycles. The number of thioether (sulfide) groups is 1. The van der Waals surface area contributed by atoms with E-state index < -0.39 is 33.4 Å². The van der Waals surface area contributed by atoms with Crippen LogP contribution in [-0.2, 0) is 19.1 Å². The molecule has 188 valence electrons. The number of cyclic esters (lactones) is 1. The molecule has 0 aromatic rings. The molecule has 2 fully saturated rings. The van der Waals surface area contributed by atoms with Crippen molar-refractivity contribution in [3.05, 3.63) is 24.3 Å². The molecule has 7 atom stereocenters. The van der Waals surface area contributed by atoms with Gasteiger partial charge in [-0.2, -0.15) is 0 Å². The van der Waals surface area contributed by atoms with Gasteiger partial charge >= 0.3 is 5.97 Å². The van der Waals surface area contributed by atoms with E-state index in [1.54, 1.807) is 16.7 Å². The molecule has 4 heterocycles. The largest absolute Gasteiger partial charge is 0.465 e. The van der Waals surface area contributed by atoms with Gasteiger partial charge in [0.15, 0.2) is 0 Å². The van der Waals surface area contributed by atoms with Crippen molar-refractivity contribution >= 4 is 29.5 Å². The number of carbonyl (C=O) groups excluding carboxylic acids is 3. The third kappa shape index (κ3) is 3.72. The van der Waals surface area contributed by atoms with Crippen LogP contribution in [0.3, 0.4) is 0 Å². The molecule has 8 heteroatoms. The minimum Gasteiger partial charge on any atom is -0.465 e. The lowest BCUT2D eigenvalue weighted by atomic mass is 9.74. The molecule has 4 aliphatic heterocycles. The van der Waals surface area contributed by atoms with E-state index >= 15 is 0 Å². The van der Waals surface area contributed by atoms with Crippen LogP contribution in [0.2, 0.25) is 0 Å². The Morgan fingerprint density at radius 3 is 2.53 bits per heavy atom. The molecule has 0 aromatic heterocycles. The summed E-state index contributed by atoms with van der Waals surface area (Å²) in [4.78, 5) is 45.3. The summed E-state index contributed by atoms with van der Waals surface area (Å²) in [7, 11) is 0. The second-order valence-electron chi connectivity index (χ2n) is 10.6. The summed E-state index contributed by atoms with van der Waals surface area (Å²) in [5.74, 6) is -2.17. The topological polar surface area (TPSA) is 87.2 Å². The number of hydrogen-bond donors (Lipinski definition) is 1. The van der Waals surface area contributed by atoms with Crippen LogP contribution in [0, 0.1) is 17.8 Å². The Labute approximate surface area is 206 Å². The summed E-state index contributed by atoms with van der Waals surface area (Å²) in [6.45, 7) is 10.6. The van der Waals surface area contributed by atoms with Crippen LogP contribution in [0.4, 0.5) is 0 Å². The van der Waals surface area contributed by atoms with Gasteiger partial charge in [-0.1, -0.05) is 51.5 Å². The molecule has 1 N–H and O–H groups in total. The maximum atomic E-state index is 14.3. The van der Waals surface area contributed by atoms with Crippen LogP contribution in [0.15, 0.2) is 24.3 Å². The first kappa shape index (κ1) is 25.3. The van der Waals surface area contributed by atoms with Crippen molar-refractivity contribution in [1.29, 1.82) is 0 Å². The molecule has 1 spiro atoms. The zero-order chi connectivity index (χ0) is 24.8. The number of carbonyl (C=O) groups is 3. The van der Waals surface area contributed by atoms with Crippen molar-refractivity contribution in [3.63, 3.8) is 0 Å². The lowest BCUT2D eigenvalue weighted by Gasteiger charge is -2.42. The number of esters is 1. The fourth-order valence-corrected chi connectivity index (χ4v) is 8.53. The predicted octanol–water partition coefficient (Wildman–Crippen LogP) is 2.78. The van der Waals surface area contributed by atoms with Gasteiger partial charge in [0.1, 0.15) is 6.04 Å². The zero-order valence-corrected chi connectivity index (χ0v) is 21.7. The van der Waals surface area contributed by atoms with Gasteiger partial charge in [-0.3, -0.25) is 14.4 Å². The molecule has 4 aliphatic rings. The Balaban J connectivity index is 1.90. The van der Waals surface area contributed by atoms with Crippen molar-refractivity contribution in [2.24, 2.45) is 17.8 Å². The Morgan fingerprint density at radius 2 is 1.88 bits per heavy atom. The van der Waals surface area contributed by atoms with Gasteiger partial charge in [-0.25, -0.2) is 0 Å². The van der Waals surface area contributed by atoms with Crippen LogP contribution in [0.1, 0.15) is 53.9 Å². The number of likely N-dealkylation sites (tertiary alicyclic amines) is 1. The fourth-order valence-electron chi connectivity index (χ4n) is 6.39. The Bertz CT molecular complexity index is 904. The number of fused-ring (bicyclic) bond motifs is 2. The Hall–Kier alpha value is -1.80. The molecule has 0 saturated carbocycles. The van der Waals surface area contributed by atoms with Crippen molar-refractivity contribution in [2.45, 2.75) is 81.5 Å². The first-order valence-corrected chi connectivity index (χ1v) is 13.4. The highest BCUT2D eigenvalue weighted by molar-refractivity contribution is 8.02. The van der Waals surface area contributed by atoms with Crippen molar-refractivity contribution < 1.29 is 24.2 Å². The lowest BCUT2D eigenvalue weighted by Crippen LogP contribution is -2.59. The second-order valence-corrected chi connectivity index (χ2v) is 12.4. The van der Waals surface area contributed by atoms with E-state index in [2.05, 4.69) is 13.8 Å². The average molecular weight is 491 g/mol. The molecule has 34 heavy (non-hydrogen) atoms. The predicted molar refractivity (Wildman–Crippen MR) is 132 cm³/mol. The summed E-state index contributed by atoms with van der Waals surface area (Å²) < 4.78 is 4.01. The molecule has 0 aromatic carbocycles. The van der Waals surface area contributed by atoms with Crippen molar-refractivity contribution in [3.8, 4) is 0 Å². The highest BCUT2D eigenvalue weighted by atomic mass is 32.2. The number of aliphatic hydroxyl groups is 1. The van der Waals surface area contributed by atoms with Gasteiger partial charge < -0.3 is 19.6 Å². The summed E-state index contributed by atoms with van der Waals surface area (Å²) >= 11 is 1.55. The highest BCUT2D eigenvalue weighted by Gasteiger charge is 2.74. The molecule has 0 bridgehead atoms. The van der Waals surface area contributed by atoms with Crippen LogP contribution in [0.5, 0.6) is 0 Å². The molecule has 7 nitrogen and oxygen atoms in total. The minimum absolute atomic E-state index is 0.0282. The SMILES string of the molecule is CCCC(C)N1CC=C[C@]23S[C@@]4(C)C=CCCOC(=O)[C@H]4[C@H]2C(=O)N([C@@H](CO)C(C)C)C3C1=O. The van der Waals surface area contributed by atoms with Crippen molar-refractivity contribution in [2.75, 3.05) is 19.8 Å². The number of rotatable bonds is 6. The normalized spacial score (nSPS) is 37.0. The van der Waals surface area contributed by atoms with Crippen LogP contribution in [0.25, 0.3) is 0 Å². The molecule has 2 unspecified atom stereocenters. The Morgan fingerprint density at radius 1 is 1.15 bits per heavy atom. The molecular weight excluding hydrogens is 452 g/mol. The van der Waals surface area contributed by atoms with Gasteiger partial charge in [0.2, 0.25) is 11.8 Å². The second kappa shape index (κ2) is 9.34. The van der Waals surface area contributed by atoms with Crippen molar-refractivity contribution in [1.82, 2.24) is 9.80 Å². The van der Waals surface area contributed by atoms with E-state index in [-0.39, 0.29) is 43.0 Å². The number of nitrogens with zero attached hydrogens (tertiary/aromatic N) is 2. The maximum Gasteiger partial charge on any atom is 0.311 e. The van der Waals surface area contributed by atoms with E-state index in [4.69, 9.17) is 4.74 Å². The molecule has 2 amide bonds. The van der Waals surface area contributed by atoms with E-state index in [1.807, 2.05) is 50.0 Å². The number of amides is 2. The van der Waals surface area contributed by atoms with E-state index in [0.717, 1.165) is 12.8 Å². The van der Waals surface area contributed by atoms with E-state index in [0.29, 0.717) is 13.0 Å². The number of aliphatic hydroxyl groups excluding tert-OH is 1. The minimum atomic E-state index is -0.899. The molecular formula is C26H38N2O5S. The maximum absolute atomic E-state index is 14.3. The molecule has 0 aliphatic carbocycles. The summed E-state index contributed by atoms with van der Waals surface area (Å²) in [5.41, 5.74) is 0. The first-order valence-electron chi connectivity index (χ1n) is 12.6. The molecule has 0 radical (unpaired) electrons. The smallest absolute Gasteiger partial charge is 0.311 e. The number of ether oxygens (including phenoxy) is 1. The first-order chi connectivity index (χ1) is 16.1. The third-order valence-electron chi connectivity index (χ3n) is 8.04. The van der Waals surface area contributed by atoms with Gasteiger partial charge in [0.25, 0.3) is 0 Å². The summed E-state index contributed by atoms with van der Waals surface area (Å²) in [6.07, 6.45) is 10.5. The standard InChI is InChI=1S/C26H38N2O5S/c1-6-10-17(4)27-13-9-12-26-19(20-24(32)33-14-8-7-11-25(20,5)34-26)22(30)28(21(26)23(27)31)18(15-29)16(2)3/h7,9,11-12,16-21,29H,6,8,10,13-15H2,1-5H3/t17?,18-,19-,20+,21?,25-,26-/m0/s1. The zero-order valence-electron chi connectivity index (χ0n) is 20.9. The lowest BCUT2D eigenvalue weighted by molar-refractivity contribution is -0.155. The van der Waals surface area contributed by atoms with Gasteiger partial charge in [0, 0.05) is 17.3 Å². The fraction of sp³-hybridized carbons (Fsp3) is 0.731.